The number of nitrogens with two attached hydrogens (primary N) is 1. The Morgan fingerprint density at radius 2 is 2.18 bits per heavy atom. The molecule has 1 aliphatic heterocycles. The van der Waals surface area contributed by atoms with Crippen LogP contribution in [0.1, 0.15) is 18.5 Å². The zero-order valence-electron chi connectivity index (χ0n) is 9.23. The van der Waals surface area contributed by atoms with Crippen LogP contribution in [0.5, 0.6) is 11.5 Å². The van der Waals surface area contributed by atoms with Gasteiger partial charge in [0.25, 0.3) is 0 Å². The van der Waals surface area contributed by atoms with E-state index in [-0.39, 0.29) is 17.7 Å². The van der Waals surface area contributed by atoms with Crippen LogP contribution in [0.4, 0.5) is 0 Å². The van der Waals surface area contributed by atoms with E-state index in [4.69, 9.17) is 27.4 Å². The van der Waals surface area contributed by atoms with Crippen molar-refractivity contribution in [3.63, 3.8) is 0 Å². The van der Waals surface area contributed by atoms with Crippen LogP contribution < -0.4 is 20.5 Å². The molecule has 0 radical (unpaired) electrons. The average Bonchev–Trinajstić information content (AvgIpc) is 2.72. The molecule has 0 bridgehead atoms. The van der Waals surface area contributed by atoms with Crippen LogP contribution in [0.3, 0.4) is 0 Å². The lowest BCUT2D eigenvalue weighted by Gasteiger charge is -2.17. The van der Waals surface area contributed by atoms with Crippen LogP contribution in [0.15, 0.2) is 18.2 Å². The fourth-order valence-corrected chi connectivity index (χ4v) is 1.81. The molecule has 0 saturated heterocycles. The number of thiocarbonyl (C=S) groups is 1. The number of amides is 1. The molecule has 1 amide bonds. The molecule has 90 valence electrons. The summed E-state index contributed by atoms with van der Waals surface area (Å²) in [6.07, 6.45) is 0. The van der Waals surface area contributed by atoms with Crippen molar-refractivity contribution < 1.29 is 14.3 Å². The molecule has 0 spiro atoms. The van der Waals surface area contributed by atoms with Crippen molar-refractivity contribution in [2.24, 2.45) is 5.73 Å². The minimum atomic E-state index is -0.489. The summed E-state index contributed by atoms with van der Waals surface area (Å²) in [7, 11) is 0. The summed E-state index contributed by atoms with van der Waals surface area (Å²) >= 11 is 4.94. The van der Waals surface area contributed by atoms with E-state index in [1.54, 1.807) is 18.2 Å². The highest BCUT2D eigenvalue weighted by atomic mass is 32.1. The molecule has 1 unspecified atom stereocenters. The monoisotopic (exact) mass is 252 g/mol. The Hall–Kier alpha value is -1.82. The summed E-state index contributed by atoms with van der Waals surface area (Å²) in [5.41, 5.74) is 6.38. The van der Waals surface area contributed by atoms with Crippen LogP contribution in [-0.4, -0.2) is 17.7 Å². The molecule has 1 aliphatic rings. The second kappa shape index (κ2) is 4.58. The van der Waals surface area contributed by atoms with Crippen LogP contribution in [-0.2, 0) is 4.79 Å². The van der Waals surface area contributed by atoms with Crippen molar-refractivity contribution in [3.05, 3.63) is 23.8 Å². The van der Waals surface area contributed by atoms with Crippen molar-refractivity contribution in [1.29, 1.82) is 0 Å². The predicted octanol–water partition coefficient (Wildman–Crippen LogP) is 0.879. The first-order chi connectivity index (χ1) is 8.08. The van der Waals surface area contributed by atoms with Crippen molar-refractivity contribution >= 4 is 23.1 Å². The van der Waals surface area contributed by atoms with Crippen molar-refractivity contribution in [2.45, 2.75) is 13.0 Å². The summed E-state index contributed by atoms with van der Waals surface area (Å²) in [4.78, 5) is 11.3. The van der Waals surface area contributed by atoms with Gasteiger partial charge >= 0.3 is 0 Å². The van der Waals surface area contributed by atoms with E-state index < -0.39 is 6.04 Å². The van der Waals surface area contributed by atoms with Gasteiger partial charge < -0.3 is 20.5 Å². The van der Waals surface area contributed by atoms with E-state index in [1.807, 2.05) is 0 Å². The number of hydrogen-bond donors (Lipinski definition) is 2. The SMILES string of the molecule is CC(=O)NC(C(N)=S)c1ccc2c(c1)OCO2. The molecule has 1 atom stereocenters. The molecule has 0 saturated carbocycles. The van der Waals surface area contributed by atoms with Gasteiger partial charge in [-0.2, -0.15) is 0 Å². The van der Waals surface area contributed by atoms with Gasteiger partial charge in [-0.15, -0.1) is 0 Å². The molecule has 0 fully saturated rings. The molecule has 1 heterocycles. The largest absolute Gasteiger partial charge is 0.454 e. The van der Waals surface area contributed by atoms with Crippen LogP contribution in [0.25, 0.3) is 0 Å². The summed E-state index contributed by atoms with van der Waals surface area (Å²) in [5, 5.41) is 2.69. The highest BCUT2D eigenvalue weighted by molar-refractivity contribution is 7.80. The second-order valence-electron chi connectivity index (χ2n) is 3.65. The maximum absolute atomic E-state index is 11.1. The van der Waals surface area contributed by atoms with Crippen molar-refractivity contribution in [2.75, 3.05) is 6.79 Å². The number of benzene rings is 1. The second-order valence-corrected chi connectivity index (χ2v) is 4.12. The van der Waals surface area contributed by atoms with Gasteiger partial charge in [0.1, 0.15) is 11.0 Å². The maximum atomic E-state index is 11.1. The molecule has 0 aromatic heterocycles. The zero-order valence-corrected chi connectivity index (χ0v) is 10.0. The lowest BCUT2D eigenvalue weighted by Crippen LogP contribution is -2.35. The molecule has 1 aromatic carbocycles. The number of hydrogen-bond acceptors (Lipinski definition) is 4. The molecule has 6 heteroatoms. The first-order valence-corrected chi connectivity index (χ1v) is 5.44. The number of carbonyl (C=O) groups excluding carboxylic acids is 1. The molecule has 2 rings (SSSR count). The maximum Gasteiger partial charge on any atom is 0.231 e. The zero-order chi connectivity index (χ0) is 12.4. The predicted molar refractivity (Wildman–Crippen MR) is 65.9 cm³/mol. The summed E-state index contributed by atoms with van der Waals surface area (Å²) < 4.78 is 10.5. The Labute approximate surface area is 104 Å². The van der Waals surface area contributed by atoms with Gasteiger partial charge in [-0.25, -0.2) is 0 Å². The van der Waals surface area contributed by atoms with E-state index in [0.717, 1.165) is 5.56 Å². The van der Waals surface area contributed by atoms with E-state index in [0.29, 0.717) is 11.5 Å². The quantitative estimate of drug-likeness (QED) is 0.781. The van der Waals surface area contributed by atoms with Gasteiger partial charge in [-0.05, 0) is 17.7 Å². The third kappa shape index (κ3) is 2.47. The average molecular weight is 252 g/mol. The first-order valence-electron chi connectivity index (χ1n) is 5.04. The smallest absolute Gasteiger partial charge is 0.231 e. The van der Waals surface area contributed by atoms with Gasteiger partial charge in [0.2, 0.25) is 12.7 Å². The molecule has 0 aliphatic carbocycles. The van der Waals surface area contributed by atoms with Crippen LogP contribution in [0.2, 0.25) is 0 Å². The lowest BCUT2D eigenvalue weighted by atomic mass is 10.1. The fourth-order valence-electron chi connectivity index (χ4n) is 1.61. The van der Waals surface area contributed by atoms with E-state index in [2.05, 4.69) is 5.32 Å². The van der Waals surface area contributed by atoms with Crippen molar-refractivity contribution in [1.82, 2.24) is 5.32 Å². The molecule has 17 heavy (non-hydrogen) atoms. The first kappa shape index (κ1) is 11.7. The molecular weight excluding hydrogens is 240 g/mol. The molecule has 5 nitrogen and oxygen atoms in total. The van der Waals surface area contributed by atoms with Crippen LogP contribution in [0, 0.1) is 0 Å². The summed E-state index contributed by atoms with van der Waals surface area (Å²) in [6, 6.07) is 4.84. The number of ether oxygens (including phenoxy) is 2. The Balaban J connectivity index is 2.30. The standard InChI is InChI=1S/C11H12N2O3S/c1-6(14)13-10(11(12)17)7-2-3-8-9(4-7)16-5-15-8/h2-4,10H,5H2,1H3,(H2,12,17)(H,13,14). The van der Waals surface area contributed by atoms with Gasteiger partial charge in [0, 0.05) is 6.92 Å². The molecular formula is C11H12N2O3S. The van der Waals surface area contributed by atoms with E-state index in [1.165, 1.54) is 6.92 Å². The third-order valence-electron chi connectivity index (χ3n) is 2.36. The summed E-state index contributed by atoms with van der Waals surface area (Å²) in [6.45, 7) is 1.62. The van der Waals surface area contributed by atoms with Gasteiger partial charge in [0.15, 0.2) is 11.5 Å². The van der Waals surface area contributed by atoms with Gasteiger partial charge in [-0.3, -0.25) is 4.79 Å². The molecule has 1 aromatic rings. The Morgan fingerprint density at radius 3 is 2.82 bits per heavy atom. The minimum Gasteiger partial charge on any atom is -0.454 e. The van der Waals surface area contributed by atoms with E-state index >= 15 is 0 Å². The van der Waals surface area contributed by atoms with Gasteiger partial charge in [0.05, 0.1) is 0 Å². The minimum absolute atomic E-state index is 0.194. The van der Waals surface area contributed by atoms with Gasteiger partial charge in [-0.1, -0.05) is 18.3 Å². The third-order valence-corrected chi connectivity index (χ3v) is 2.60. The highest BCUT2D eigenvalue weighted by Gasteiger charge is 2.20. The highest BCUT2D eigenvalue weighted by Crippen LogP contribution is 2.34. The fraction of sp³-hybridized carbons (Fsp3) is 0.273. The number of rotatable bonds is 3. The summed E-state index contributed by atoms with van der Waals surface area (Å²) in [5.74, 6) is 1.12. The Morgan fingerprint density at radius 1 is 1.47 bits per heavy atom. The lowest BCUT2D eigenvalue weighted by molar-refractivity contribution is -0.119. The normalized spacial score (nSPS) is 14.2. The van der Waals surface area contributed by atoms with Crippen LogP contribution >= 0.6 is 12.2 Å². The Kier molecular flexibility index (Phi) is 3.14. The van der Waals surface area contributed by atoms with Crippen molar-refractivity contribution in [3.8, 4) is 11.5 Å². The number of nitrogens with one attached hydrogen (secondary N) is 1. The number of carbonyl (C=O) groups is 1. The molecule has 3 N–H and O–H groups in total. The topological polar surface area (TPSA) is 73.6 Å². The Bertz CT molecular complexity index is 476. The van der Waals surface area contributed by atoms with E-state index in [9.17, 15) is 4.79 Å². The number of fused-ring (bicyclic) bond motifs is 1.